The van der Waals surface area contributed by atoms with Crippen LogP contribution in [0.4, 0.5) is 0 Å². The highest BCUT2D eigenvalue weighted by atomic mass is 127. The van der Waals surface area contributed by atoms with E-state index in [0.29, 0.717) is 0 Å². The minimum atomic E-state index is 1.06. The van der Waals surface area contributed by atoms with Crippen LogP contribution in [0.3, 0.4) is 0 Å². The van der Waals surface area contributed by atoms with Crippen molar-refractivity contribution >= 4 is 33.5 Å². The summed E-state index contributed by atoms with van der Waals surface area (Å²) in [5.41, 5.74) is 4.85. The van der Waals surface area contributed by atoms with Gasteiger partial charge in [-0.3, -0.25) is 4.98 Å². The second kappa shape index (κ2) is 4.69. The summed E-state index contributed by atoms with van der Waals surface area (Å²) in [6.07, 6.45) is 1.94. The van der Waals surface area contributed by atoms with Gasteiger partial charge >= 0.3 is 0 Å². The van der Waals surface area contributed by atoms with Crippen molar-refractivity contribution in [3.8, 4) is 11.1 Å². The third-order valence-corrected chi connectivity index (χ3v) is 3.86. The van der Waals surface area contributed by atoms with E-state index in [1.807, 2.05) is 12.3 Å². The molecule has 2 aromatic carbocycles. The zero-order valence-corrected chi connectivity index (χ0v) is 12.2. The molecule has 0 saturated heterocycles. The molecular weight excluding hydrogens is 333 g/mol. The van der Waals surface area contributed by atoms with Gasteiger partial charge in [-0.05, 0) is 47.2 Å². The molecule has 0 aliphatic heterocycles. The Labute approximate surface area is 120 Å². The van der Waals surface area contributed by atoms with Gasteiger partial charge in [0.05, 0.1) is 5.52 Å². The maximum atomic E-state index is 4.50. The lowest BCUT2D eigenvalue weighted by molar-refractivity contribution is 1.37. The minimum Gasteiger partial charge on any atom is -0.255 e. The van der Waals surface area contributed by atoms with Crippen molar-refractivity contribution in [2.24, 2.45) is 0 Å². The summed E-state index contributed by atoms with van der Waals surface area (Å²) < 4.78 is 1.19. The normalized spacial score (nSPS) is 10.8. The first-order chi connectivity index (χ1) is 8.75. The first-order valence-corrected chi connectivity index (χ1v) is 6.94. The molecule has 3 aromatic rings. The number of hydrogen-bond acceptors (Lipinski definition) is 1. The molecule has 1 nitrogen and oxygen atoms in total. The summed E-state index contributed by atoms with van der Waals surface area (Å²) in [6.45, 7) is 2.12. The Morgan fingerprint density at radius 2 is 1.78 bits per heavy atom. The smallest absolute Gasteiger partial charge is 0.0709 e. The van der Waals surface area contributed by atoms with E-state index in [1.54, 1.807) is 0 Å². The molecule has 1 aromatic heterocycles. The summed E-state index contributed by atoms with van der Waals surface area (Å²) in [7, 11) is 0. The second-order valence-electron chi connectivity index (χ2n) is 4.37. The van der Waals surface area contributed by atoms with E-state index >= 15 is 0 Å². The zero-order chi connectivity index (χ0) is 12.5. The standard InChI is InChI=1S/C16H12IN/c1-11-7-8-15-13(9-11)16(14(17)10-18-15)12-5-3-2-4-6-12/h2-10H,1H3. The Kier molecular flexibility index (Phi) is 3.04. The number of halogens is 1. The van der Waals surface area contributed by atoms with E-state index in [4.69, 9.17) is 0 Å². The Bertz CT molecular complexity index is 700. The van der Waals surface area contributed by atoms with Crippen LogP contribution in [0.2, 0.25) is 0 Å². The number of hydrogen-bond donors (Lipinski definition) is 0. The van der Waals surface area contributed by atoms with Crippen LogP contribution in [0.25, 0.3) is 22.0 Å². The molecule has 0 atom stereocenters. The summed E-state index contributed by atoms with van der Waals surface area (Å²) in [5.74, 6) is 0. The lowest BCUT2D eigenvalue weighted by atomic mass is 10.0. The maximum absolute atomic E-state index is 4.50. The largest absolute Gasteiger partial charge is 0.255 e. The van der Waals surface area contributed by atoms with Gasteiger partial charge in [0.25, 0.3) is 0 Å². The molecule has 2 heteroatoms. The molecule has 0 aliphatic rings. The van der Waals surface area contributed by atoms with E-state index in [1.165, 1.54) is 25.6 Å². The van der Waals surface area contributed by atoms with Crippen LogP contribution in [0.1, 0.15) is 5.56 Å². The van der Waals surface area contributed by atoms with E-state index in [9.17, 15) is 0 Å². The quantitative estimate of drug-likeness (QED) is 0.577. The van der Waals surface area contributed by atoms with E-state index in [2.05, 4.69) is 77.0 Å². The topological polar surface area (TPSA) is 12.9 Å². The molecule has 88 valence electrons. The highest BCUT2D eigenvalue weighted by Crippen LogP contribution is 2.32. The number of rotatable bonds is 1. The summed E-state index contributed by atoms with van der Waals surface area (Å²) in [6, 6.07) is 16.9. The molecule has 0 aliphatic carbocycles. The zero-order valence-electron chi connectivity index (χ0n) is 10.0. The van der Waals surface area contributed by atoms with E-state index < -0.39 is 0 Å². The van der Waals surface area contributed by atoms with Crippen molar-refractivity contribution in [2.75, 3.05) is 0 Å². The third kappa shape index (κ3) is 2.01. The number of pyridine rings is 1. The van der Waals surface area contributed by atoms with Crippen molar-refractivity contribution in [2.45, 2.75) is 6.92 Å². The van der Waals surface area contributed by atoms with Gasteiger partial charge in [0, 0.05) is 20.7 Å². The first kappa shape index (κ1) is 11.7. The van der Waals surface area contributed by atoms with Gasteiger partial charge in [-0.15, -0.1) is 0 Å². The van der Waals surface area contributed by atoms with Crippen molar-refractivity contribution < 1.29 is 0 Å². The molecule has 0 fully saturated rings. The van der Waals surface area contributed by atoms with Crippen LogP contribution >= 0.6 is 22.6 Å². The van der Waals surface area contributed by atoms with Gasteiger partial charge in [-0.2, -0.15) is 0 Å². The van der Waals surface area contributed by atoms with Crippen LogP contribution in [-0.2, 0) is 0 Å². The van der Waals surface area contributed by atoms with Crippen LogP contribution in [0.15, 0.2) is 54.7 Å². The van der Waals surface area contributed by atoms with Gasteiger partial charge in [0.15, 0.2) is 0 Å². The fourth-order valence-corrected chi connectivity index (χ4v) is 2.92. The molecule has 0 bridgehead atoms. The fourth-order valence-electron chi connectivity index (χ4n) is 2.18. The Balaban J connectivity index is 2.40. The van der Waals surface area contributed by atoms with Crippen LogP contribution in [-0.4, -0.2) is 4.98 Å². The molecule has 0 unspecified atom stereocenters. The van der Waals surface area contributed by atoms with Crippen molar-refractivity contribution in [1.82, 2.24) is 4.98 Å². The average Bonchev–Trinajstić information content (AvgIpc) is 2.39. The van der Waals surface area contributed by atoms with Gasteiger partial charge in [0.2, 0.25) is 0 Å². The molecule has 0 radical (unpaired) electrons. The van der Waals surface area contributed by atoms with Gasteiger partial charge in [-0.1, -0.05) is 42.0 Å². The number of fused-ring (bicyclic) bond motifs is 1. The number of nitrogens with zero attached hydrogens (tertiary/aromatic N) is 1. The molecule has 0 saturated carbocycles. The van der Waals surface area contributed by atoms with Crippen LogP contribution < -0.4 is 0 Å². The lowest BCUT2D eigenvalue weighted by Crippen LogP contribution is -1.89. The molecular formula is C16H12IN. The second-order valence-corrected chi connectivity index (χ2v) is 5.53. The van der Waals surface area contributed by atoms with Crippen LogP contribution in [0, 0.1) is 10.5 Å². The molecule has 0 N–H and O–H groups in total. The van der Waals surface area contributed by atoms with Gasteiger partial charge in [0.1, 0.15) is 0 Å². The summed E-state index contributed by atoms with van der Waals surface area (Å²) in [4.78, 5) is 4.50. The van der Waals surface area contributed by atoms with Gasteiger partial charge in [-0.25, -0.2) is 0 Å². The fraction of sp³-hybridized carbons (Fsp3) is 0.0625. The predicted molar refractivity (Wildman–Crippen MR) is 84.6 cm³/mol. The number of aryl methyl sites for hydroxylation is 1. The molecule has 18 heavy (non-hydrogen) atoms. The van der Waals surface area contributed by atoms with Gasteiger partial charge < -0.3 is 0 Å². The predicted octanol–water partition coefficient (Wildman–Crippen LogP) is 4.81. The van der Waals surface area contributed by atoms with E-state index in [0.717, 1.165) is 5.52 Å². The molecule has 1 heterocycles. The maximum Gasteiger partial charge on any atom is 0.0709 e. The van der Waals surface area contributed by atoms with E-state index in [-0.39, 0.29) is 0 Å². The summed E-state index contributed by atoms with van der Waals surface area (Å²) in [5, 5.41) is 1.23. The Morgan fingerprint density at radius 1 is 1.00 bits per heavy atom. The SMILES string of the molecule is Cc1ccc2ncc(I)c(-c3ccccc3)c2c1. The summed E-state index contributed by atoms with van der Waals surface area (Å²) >= 11 is 2.36. The van der Waals surface area contributed by atoms with Crippen molar-refractivity contribution in [1.29, 1.82) is 0 Å². The minimum absolute atomic E-state index is 1.06. The van der Waals surface area contributed by atoms with Crippen LogP contribution in [0.5, 0.6) is 0 Å². The lowest BCUT2D eigenvalue weighted by Gasteiger charge is -2.09. The average molecular weight is 345 g/mol. The monoisotopic (exact) mass is 345 g/mol. The molecule has 0 amide bonds. The molecule has 3 rings (SSSR count). The third-order valence-electron chi connectivity index (χ3n) is 3.04. The Hall–Kier alpha value is -1.42. The Morgan fingerprint density at radius 3 is 2.56 bits per heavy atom. The number of aromatic nitrogens is 1. The van der Waals surface area contributed by atoms with Crippen molar-refractivity contribution in [3.63, 3.8) is 0 Å². The first-order valence-electron chi connectivity index (χ1n) is 5.86. The highest BCUT2D eigenvalue weighted by molar-refractivity contribution is 14.1. The van der Waals surface area contributed by atoms with Crippen molar-refractivity contribution in [3.05, 3.63) is 63.9 Å². The molecule has 0 spiro atoms. The number of benzene rings is 2. The highest BCUT2D eigenvalue weighted by Gasteiger charge is 2.09.